The number of likely N-dealkylation sites (tertiary alicyclic amines) is 1. The first-order chi connectivity index (χ1) is 10.1. The number of hydrogen-bond acceptors (Lipinski definition) is 4. The van der Waals surface area contributed by atoms with Crippen LogP contribution in [0.25, 0.3) is 0 Å². The molecule has 0 aliphatic carbocycles. The molecule has 0 aromatic heterocycles. The van der Waals surface area contributed by atoms with Gasteiger partial charge in [-0.25, -0.2) is 8.42 Å². The van der Waals surface area contributed by atoms with Crippen molar-refractivity contribution in [1.29, 1.82) is 0 Å². The molecule has 8 heteroatoms. The molecule has 1 amide bonds. The first-order valence-corrected chi connectivity index (χ1v) is 9.27. The fourth-order valence-electron chi connectivity index (χ4n) is 3.37. The zero-order valence-corrected chi connectivity index (χ0v) is 14.0. The van der Waals surface area contributed by atoms with Gasteiger partial charge in [0.25, 0.3) is 0 Å². The number of carbonyl (C=O) groups excluding carboxylic acids is 1. The van der Waals surface area contributed by atoms with Crippen LogP contribution < -0.4 is 0 Å². The summed E-state index contributed by atoms with van der Waals surface area (Å²) in [6.45, 7) is 6.35. The molecule has 126 valence electrons. The highest BCUT2D eigenvalue weighted by atomic mass is 32.2. The Balaban J connectivity index is 2.20. The van der Waals surface area contributed by atoms with E-state index in [0.29, 0.717) is 19.5 Å². The van der Waals surface area contributed by atoms with Gasteiger partial charge in [-0.2, -0.15) is 4.31 Å². The highest BCUT2D eigenvalue weighted by Crippen LogP contribution is 2.28. The molecule has 2 heterocycles. The van der Waals surface area contributed by atoms with Crippen LogP contribution in [0.15, 0.2) is 0 Å². The normalized spacial score (nSPS) is 29.9. The van der Waals surface area contributed by atoms with Gasteiger partial charge in [0, 0.05) is 19.6 Å². The number of aliphatic carboxylic acids is 1. The molecule has 0 aromatic carbocycles. The molecule has 2 saturated heterocycles. The average molecular weight is 332 g/mol. The van der Waals surface area contributed by atoms with E-state index in [-0.39, 0.29) is 30.0 Å². The molecule has 7 nitrogen and oxygen atoms in total. The van der Waals surface area contributed by atoms with Crippen molar-refractivity contribution in [1.82, 2.24) is 9.21 Å². The summed E-state index contributed by atoms with van der Waals surface area (Å²) in [6.07, 6.45) is 0.535. The Bertz CT molecular complexity index is 560. The lowest BCUT2D eigenvalue weighted by Gasteiger charge is -2.32. The van der Waals surface area contributed by atoms with E-state index in [1.165, 1.54) is 9.21 Å². The minimum atomic E-state index is -3.38. The maximum absolute atomic E-state index is 12.8. The number of rotatable bonds is 4. The zero-order chi connectivity index (χ0) is 16.7. The predicted molar refractivity (Wildman–Crippen MR) is 80.6 cm³/mol. The van der Waals surface area contributed by atoms with E-state index >= 15 is 0 Å². The average Bonchev–Trinajstić information content (AvgIpc) is 2.93. The van der Waals surface area contributed by atoms with Crippen molar-refractivity contribution in [3.63, 3.8) is 0 Å². The van der Waals surface area contributed by atoms with Gasteiger partial charge >= 0.3 is 5.97 Å². The van der Waals surface area contributed by atoms with E-state index in [2.05, 4.69) is 0 Å². The van der Waals surface area contributed by atoms with Gasteiger partial charge in [0.05, 0.1) is 11.7 Å². The number of sulfonamides is 1. The number of carbonyl (C=O) groups is 2. The molecule has 2 aliphatic heterocycles. The molecule has 0 radical (unpaired) electrons. The van der Waals surface area contributed by atoms with Gasteiger partial charge in [0.2, 0.25) is 15.9 Å². The smallest absolute Gasteiger partial charge is 0.308 e. The monoisotopic (exact) mass is 332 g/mol. The summed E-state index contributed by atoms with van der Waals surface area (Å²) in [5.74, 6) is -1.94. The van der Waals surface area contributed by atoms with Crippen molar-refractivity contribution < 1.29 is 23.1 Å². The Labute approximate surface area is 131 Å². The standard InChI is InChI=1S/C14H24N2O5S/c1-9(2)12(16-5-4-6-22(16,20)21)13(17)15-7-10(3)11(8-15)14(18)19/h9-12H,4-8H2,1-3H3,(H,18,19)/t10-,11-,12?/m1/s1. The zero-order valence-electron chi connectivity index (χ0n) is 13.2. The molecule has 1 N–H and O–H groups in total. The van der Waals surface area contributed by atoms with E-state index in [9.17, 15) is 23.1 Å². The van der Waals surface area contributed by atoms with Crippen molar-refractivity contribution in [3.05, 3.63) is 0 Å². The van der Waals surface area contributed by atoms with E-state index in [1.807, 2.05) is 20.8 Å². The summed E-state index contributed by atoms with van der Waals surface area (Å²) in [5.41, 5.74) is 0. The van der Waals surface area contributed by atoms with Gasteiger partial charge in [-0.1, -0.05) is 20.8 Å². The van der Waals surface area contributed by atoms with Crippen LogP contribution in [0.3, 0.4) is 0 Å². The van der Waals surface area contributed by atoms with Gasteiger partial charge in [-0.3, -0.25) is 9.59 Å². The number of amides is 1. The molecule has 2 aliphatic rings. The summed E-state index contributed by atoms with van der Waals surface area (Å²) in [4.78, 5) is 25.5. The molecule has 3 atom stereocenters. The summed E-state index contributed by atoms with van der Waals surface area (Å²) < 4.78 is 25.6. The molecule has 0 spiro atoms. The Morgan fingerprint density at radius 2 is 1.86 bits per heavy atom. The topological polar surface area (TPSA) is 95.0 Å². The lowest BCUT2D eigenvalue weighted by Crippen LogP contribution is -2.51. The number of carboxylic acid groups (broad SMARTS) is 1. The molecule has 0 saturated carbocycles. The fraction of sp³-hybridized carbons (Fsp3) is 0.857. The Hall–Kier alpha value is -1.15. The van der Waals surface area contributed by atoms with Gasteiger partial charge in [-0.15, -0.1) is 0 Å². The molecular weight excluding hydrogens is 308 g/mol. The second kappa shape index (κ2) is 6.16. The molecule has 0 aromatic rings. The number of nitrogens with zero attached hydrogens (tertiary/aromatic N) is 2. The third-order valence-electron chi connectivity index (χ3n) is 4.57. The van der Waals surface area contributed by atoms with Crippen LogP contribution in [0.5, 0.6) is 0 Å². The Morgan fingerprint density at radius 1 is 1.23 bits per heavy atom. The maximum Gasteiger partial charge on any atom is 0.308 e. The van der Waals surface area contributed by atoms with Crippen LogP contribution in [0.4, 0.5) is 0 Å². The SMILES string of the molecule is CC(C)C(C(=O)N1C[C@@H](C)[C@H](C(=O)O)C1)N1CCCS1(=O)=O. The van der Waals surface area contributed by atoms with E-state index in [4.69, 9.17) is 0 Å². The van der Waals surface area contributed by atoms with Crippen LogP contribution in [0, 0.1) is 17.8 Å². The molecular formula is C14H24N2O5S. The van der Waals surface area contributed by atoms with Crippen LogP contribution >= 0.6 is 0 Å². The van der Waals surface area contributed by atoms with Crippen LogP contribution in [0.2, 0.25) is 0 Å². The fourth-order valence-corrected chi connectivity index (χ4v) is 5.18. The summed E-state index contributed by atoms with van der Waals surface area (Å²) >= 11 is 0. The first-order valence-electron chi connectivity index (χ1n) is 7.66. The lowest BCUT2D eigenvalue weighted by atomic mass is 9.99. The van der Waals surface area contributed by atoms with Crippen molar-refractivity contribution in [2.75, 3.05) is 25.4 Å². The number of carboxylic acids is 1. The van der Waals surface area contributed by atoms with Crippen molar-refractivity contribution in [2.24, 2.45) is 17.8 Å². The molecule has 2 fully saturated rings. The van der Waals surface area contributed by atoms with Crippen LogP contribution in [-0.4, -0.2) is 66.0 Å². The van der Waals surface area contributed by atoms with Crippen molar-refractivity contribution >= 4 is 21.9 Å². The van der Waals surface area contributed by atoms with Crippen LogP contribution in [-0.2, 0) is 19.6 Å². The summed E-state index contributed by atoms with van der Waals surface area (Å²) in [7, 11) is -3.38. The molecule has 2 rings (SSSR count). The lowest BCUT2D eigenvalue weighted by molar-refractivity contribution is -0.142. The summed E-state index contributed by atoms with van der Waals surface area (Å²) in [6, 6.07) is -0.729. The van der Waals surface area contributed by atoms with E-state index in [1.54, 1.807) is 0 Å². The molecule has 1 unspecified atom stereocenters. The second-order valence-corrected chi connectivity index (χ2v) is 8.68. The third kappa shape index (κ3) is 3.12. The largest absolute Gasteiger partial charge is 0.481 e. The quantitative estimate of drug-likeness (QED) is 0.795. The van der Waals surface area contributed by atoms with E-state index in [0.717, 1.165) is 0 Å². The van der Waals surface area contributed by atoms with Gasteiger partial charge in [-0.05, 0) is 18.3 Å². The van der Waals surface area contributed by atoms with Gasteiger partial charge < -0.3 is 10.0 Å². The van der Waals surface area contributed by atoms with Gasteiger partial charge in [0.15, 0.2) is 0 Å². The molecule has 0 bridgehead atoms. The highest BCUT2D eigenvalue weighted by molar-refractivity contribution is 7.89. The minimum Gasteiger partial charge on any atom is -0.481 e. The van der Waals surface area contributed by atoms with Crippen molar-refractivity contribution in [2.45, 2.75) is 33.2 Å². The summed E-state index contributed by atoms with van der Waals surface area (Å²) in [5, 5.41) is 9.18. The van der Waals surface area contributed by atoms with Gasteiger partial charge in [0.1, 0.15) is 6.04 Å². The third-order valence-corrected chi connectivity index (χ3v) is 6.50. The Morgan fingerprint density at radius 3 is 2.27 bits per heavy atom. The molecule has 22 heavy (non-hydrogen) atoms. The highest BCUT2D eigenvalue weighted by Gasteiger charge is 2.45. The van der Waals surface area contributed by atoms with E-state index < -0.39 is 28.0 Å². The maximum atomic E-state index is 12.8. The minimum absolute atomic E-state index is 0.0810. The van der Waals surface area contributed by atoms with Crippen LogP contribution in [0.1, 0.15) is 27.2 Å². The number of hydrogen-bond donors (Lipinski definition) is 1. The van der Waals surface area contributed by atoms with Crippen molar-refractivity contribution in [3.8, 4) is 0 Å². The first kappa shape index (κ1) is 17.2. The second-order valence-electron chi connectivity index (χ2n) is 6.63. The Kier molecular flexibility index (Phi) is 4.81. The predicted octanol–water partition coefficient (Wildman–Crippen LogP) is 0.226.